The van der Waals surface area contributed by atoms with Crippen molar-refractivity contribution in [1.82, 2.24) is 9.47 Å². The number of hydrogen-bond donors (Lipinski definition) is 1. The van der Waals surface area contributed by atoms with Crippen LogP contribution in [0.3, 0.4) is 0 Å². The monoisotopic (exact) mass is 327 g/mol. The number of carbonyl (C=O) groups is 1. The van der Waals surface area contributed by atoms with Gasteiger partial charge in [0.1, 0.15) is 11.4 Å². The lowest BCUT2D eigenvalue weighted by atomic mass is 9.99. The maximum absolute atomic E-state index is 12.6. The molecule has 2 aromatic rings. The molecule has 1 aliphatic heterocycles. The fraction of sp³-hybridized carbons (Fsp3) is 0.333. The van der Waals surface area contributed by atoms with Crippen LogP contribution in [-0.4, -0.2) is 29.2 Å². The highest BCUT2D eigenvalue weighted by atomic mass is 16.5. The molecule has 1 aromatic heterocycles. The van der Waals surface area contributed by atoms with Gasteiger partial charge in [-0.2, -0.15) is 0 Å². The van der Waals surface area contributed by atoms with E-state index in [0.29, 0.717) is 18.8 Å². The summed E-state index contributed by atoms with van der Waals surface area (Å²) < 4.78 is 6.84. The number of fused-ring (bicyclic) bond motifs is 1. The molecule has 24 heavy (non-hydrogen) atoms. The van der Waals surface area contributed by atoms with Gasteiger partial charge in [-0.05, 0) is 36.6 Å². The Labute approximate surface area is 140 Å². The number of aromatic nitrogens is 1. The smallest absolute Gasteiger partial charge is 0.322 e. The Balaban J connectivity index is 1.80. The highest BCUT2D eigenvalue weighted by Crippen LogP contribution is 2.28. The summed E-state index contributed by atoms with van der Waals surface area (Å²) in [6.07, 6.45) is 2.43. The molecule has 0 radical (unpaired) electrons. The SMILES string of the molecule is COc1cccc2c1CCN(C(=O)Nc1c(C)ccn(C)c1=O)C2. The van der Waals surface area contributed by atoms with Crippen molar-refractivity contribution in [3.05, 3.63) is 57.5 Å². The summed E-state index contributed by atoms with van der Waals surface area (Å²) in [7, 11) is 3.32. The van der Waals surface area contributed by atoms with Crippen LogP contribution < -0.4 is 15.6 Å². The number of aryl methyl sites for hydroxylation is 2. The predicted molar refractivity (Wildman–Crippen MR) is 92.5 cm³/mol. The third-order valence-corrected chi connectivity index (χ3v) is 4.44. The van der Waals surface area contributed by atoms with Crippen LogP contribution in [0.25, 0.3) is 0 Å². The number of pyridine rings is 1. The van der Waals surface area contributed by atoms with Crippen molar-refractivity contribution < 1.29 is 9.53 Å². The zero-order valence-corrected chi connectivity index (χ0v) is 14.1. The molecular weight excluding hydrogens is 306 g/mol. The van der Waals surface area contributed by atoms with Gasteiger partial charge in [0.25, 0.3) is 5.56 Å². The number of carbonyl (C=O) groups excluding carboxylic acids is 1. The van der Waals surface area contributed by atoms with Crippen molar-refractivity contribution in [3.63, 3.8) is 0 Å². The second-order valence-corrected chi connectivity index (χ2v) is 5.99. The normalized spacial score (nSPS) is 13.4. The molecular formula is C18H21N3O3. The van der Waals surface area contributed by atoms with Gasteiger partial charge in [-0.15, -0.1) is 0 Å². The number of rotatable bonds is 2. The van der Waals surface area contributed by atoms with Crippen molar-refractivity contribution in [1.29, 1.82) is 0 Å². The number of ether oxygens (including phenoxy) is 1. The lowest BCUT2D eigenvalue weighted by molar-refractivity contribution is 0.205. The van der Waals surface area contributed by atoms with Gasteiger partial charge in [0.15, 0.2) is 0 Å². The number of hydrogen-bond acceptors (Lipinski definition) is 3. The molecule has 126 valence electrons. The number of urea groups is 1. The summed E-state index contributed by atoms with van der Waals surface area (Å²) in [5.74, 6) is 0.861. The van der Waals surface area contributed by atoms with Crippen LogP contribution in [0.4, 0.5) is 10.5 Å². The van der Waals surface area contributed by atoms with Crippen molar-refractivity contribution in [3.8, 4) is 5.75 Å². The maximum Gasteiger partial charge on any atom is 0.322 e. The van der Waals surface area contributed by atoms with Gasteiger partial charge in [0, 0.05) is 31.9 Å². The molecule has 0 atom stereocenters. The molecule has 6 nitrogen and oxygen atoms in total. The molecule has 0 bridgehead atoms. The van der Waals surface area contributed by atoms with Crippen LogP contribution in [0.5, 0.6) is 5.75 Å². The minimum Gasteiger partial charge on any atom is -0.496 e. The summed E-state index contributed by atoms with van der Waals surface area (Å²) >= 11 is 0. The zero-order chi connectivity index (χ0) is 17.3. The Morgan fingerprint density at radius 2 is 2.08 bits per heavy atom. The molecule has 0 spiro atoms. The first kappa shape index (κ1) is 16.1. The molecule has 0 saturated carbocycles. The minimum absolute atomic E-state index is 0.206. The van der Waals surface area contributed by atoms with E-state index in [1.165, 1.54) is 4.57 Å². The molecule has 1 aromatic carbocycles. The van der Waals surface area contributed by atoms with Crippen molar-refractivity contribution in [2.24, 2.45) is 7.05 Å². The first-order valence-electron chi connectivity index (χ1n) is 7.88. The standard InChI is InChI=1S/C18H21N3O3/c1-12-7-9-20(2)17(22)16(12)19-18(23)21-10-8-14-13(11-21)5-4-6-15(14)24-3/h4-7,9H,8,10-11H2,1-3H3,(H,19,23). The molecule has 1 aliphatic rings. The van der Waals surface area contributed by atoms with E-state index in [1.54, 1.807) is 25.3 Å². The van der Waals surface area contributed by atoms with E-state index >= 15 is 0 Å². The maximum atomic E-state index is 12.6. The fourth-order valence-corrected chi connectivity index (χ4v) is 3.00. The molecule has 6 heteroatoms. The highest BCUT2D eigenvalue weighted by Gasteiger charge is 2.23. The predicted octanol–water partition coefficient (Wildman–Crippen LogP) is 2.29. The van der Waals surface area contributed by atoms with E-state index in [1.807, 2.05) is 31.2 Å². The van der Waals surface area contributed by atoms with Gasteiger partial charge in [-0.25, -0.2) is 4.79 Å². The average Bonchev–Trinajstić information content (AvgIpc) is 2.60. The third kappa shape index (κ3) is 2.87. The molecule has 1 N–H and O–H groups in total. The van der Waals surface area contributed by atoms with E-state index in [-0.39, 0.29) is 11.6 Å². The molecule has 3 rings (SSSR count). The van der Waals surface area contributed by atoms with E-state index in [4.69, 9.17) is 4.74 Å². The van der Waals surface area contributed by atoms with Gasteiger partial charge in [0.05, 0.1) is 7.11 Å². The second-order valence-electron chi connectivity index (χ2n) is 5.99. The summed E-state index contributed by atoms with van der Waals surface area (Å²) in [6.45, 7) is 2.91. The van der Waals surface area contributed by atoms with Gasteiger partial charge < -0.3 is 19.5 Å². The zero-order valence-electron chi connectivity index (χ0n) is 14.1. The van der Waals surface area contributed by atoms with Crippen molar-refractivity contribution >= 4 is 11.7 Å². The lowest BCUT2D eigenvalue weighted by Gasteiger charge is -2.30. The quantitative estimate of drug-likeness (QED) is 0.920. The van der Waals surface area contributed by atoms with Gasteiger partial charge in [-0.3, -0.25) is 4.79 Å². The van der Waals surface area contributed by atoms with Crippen LogP contribution in [-0.2, 0) is 20.0 Å². The topological polar surface area (TPSA) is 63.6 Å². The molecule has 0 saturated heterocycles. The Hall–Kier alpha value is -2.76. The molecule has 2 amide bonds. The number of methoxy groups -OCH3 is 1. The van der Waals surface area contributed by atoms with Crippen LogP contribution in [0.1, 0.15) is 16.7 Å². The number of benzene rings is 1. The Morgan fingerprint density at radius 3 is 2.83 bits per heavy atom. The number of amides is 2. The van der Waals surface area contributed by atoms with Crippen LogP contribution in [0.15, 0.2) is 35.3 Å². The van der Waals surface area contributed by atoms with Gasteiger partial charge in [-0.1, -0.05) is 12.1 Å². The minimum atomic E-state index is -0.255. The van der Waals surface area contributed by atoms with Gasteiger partial charge >= 0.3 is 6.03 Å². The van der Waals surface area contributed by atoms with E-state index in [9.17, 15) is 9.59 Å². The van der Waals surface area contributed by atoms with E-state index in [0.717, 1.165) is 28.9 Å². The first-order chi connectivity index (χ1) is 11.5. The number of nitrogens with one attached hydrogen (secondary N) is 1. The van der Waals surface area contributed by atoms with Crippen molar-refractivity contribution in [2.75, 3.05) is 19.0 Å². The van der Waals surface area contributed by atoms with E-state index in [2.05, 4.69) is 5.32 Å². The molecule has 0 unspecified atom stereocenters. The summed E-state index contributed by atoms with van der Waals surface area (Å²) in [5.41, 5.74) is 3.11. The molecule has 0 fully saturated rings. The Bertz CT molecular complexity index is 842. The summed E-state index contributed by atoms with van der Waals surface area (Å²) in [4.78, 5) is 26.5. The first-order valence-corrected chi connectivity index (χ1v) is 7.88. The van der Waals surface area contributed by atoms with E-state index < -0.39 is 0 Å². The average molecular weight is 327 g/mol. The third-order valence-electron chi connectivity index (χ3n) is 4.44. The van der Waals surface area contributed by atoms with Crippen LogP contribution in [0.2, 0.25) is 0 Å². The summed E-state index contributed by atoms with van der Waals surface area (Å²) in [5, 5.41) is 2.77. The van der Waals surface area contributed by atoms with Crippen molar-refractivity contribution in [2.45, 2.75) is 19.9 Å². The molecule has 0 aliphatic carbocycles. The second kappa shape index (κ2) is 6.39. The molecule has 2 heterocycles. The summed E-state index contributed by atoms with van der Waals surface area (Å²) in [6, 6.07) is 7.43. The van der Waals surface area contributed by atoms with Crippen LogP contribution >= 0.6 is 0 Å². The Kier molecular flexibility index (Phi) is 4.29. The highest BCUT2D eigenvalue weighted by molar-refractivity contribution is 5.90. The largest absolute Gasteiger partial charge is 0.496 e. The number of nitrogens with zero attached hydrogens (tertiary/aromatic N) is 2. The van der Waals surface area contributed by atoms with Gasteiger partial charge in [0.2, 0.25) is 0 Å². The Morgan fingerprint density at radius 1 is 1.29 bits per heavy atom. The fourth-order valence-electron chi connectivity index (χ4n) is 3.00. The number of anilines is 1. The lowest BCUT2D eigenvalue weighted by Crippen LogP contribution is -2.40. The van der Waals surface area contributed by atoms with Crippen LogP contribution in [0, 0.1) is 6.92 Å².